The van der Waals surface area contributed by atoms with Crippen LogP contribution < -0.4 is 20.4 Å². The number of carboxylic acids is 1. The van der Waals surface area contributed by atoms with Gasteiger partial charge in [0.1, 0.15) is 11.3 Å². The number of hydrogen-bond acceptors (Lipinski definition) is 5. The lowest BCUT2D eigenvalue weighted by Crippen LogP contribution is -2.32. The van der Waals surface area contributed by atoms with E-state index >= 15 is 4.39 Å². The van der Waals surface area contributed by atoms with Crippen LogP contribution in [0, 0.1) is 5.82 Å². The summed E-state index contributed by atoms with van der Waals surface area (Å²) in [7, 11) is 3.28. The van der Waals surface area contributed by atoms with Crippen LogP contribution >= 0.6 is 11.6 Å². The highest BCUT2D eigenvalue weighted by molar-refractivity contribution is 6.30. The molecule has 2 aliphatic rings. The fourth-order valence-electron chi connectivity index (χ4n) is 4.28. The Hall–Kier alpha value is -2.58. The number of piperidine rings is 1. The first-order chi connectivity index (χ1) is 14.9. The molecule has 2 fully saturated rings. The minimum absolute atomic E-state index is 0.0274. The first-order valence-electron chi connectivity index (χ1n) is 10.3. The van der Waals surface area contributed by atoms with Crippen molar-refractivity contribution in [1.29, 1.82) is 0 Å². The number of hydrogen-bond donors (Lipinski definition) is 2. The average molecular weight is 450 g/mol. The number of likely N-dealkylation sites (N-methyl/N-ethyl adjacent to an activating group) is 1. The van der Waals surface area contributed by atoms with E-state index in [4.69, 9.17) is 16.3 Å². The zero-order chi connectivity index (χ0) is 22.3. The van der Waals surface area contributed by atoms with E-state index < -0.39 is 17.2 Å². The van der Waals surface area contributed by atoms with Crippen molar-refractivity contribution in [2.75, 3.05) is 38.7 Å². The number of anilines is 1. The van der Waals surface area contributed by atoms with Gasteiger partial charge in [-0.25, -0.2) is 9.18 Å². The van der Waals surface area contributed by atoms with E-state index in [1.165, 1.54) is 13.3 Å². The highest BCUT2D eigenvalue weighted by atomic mass is 35.5. The van der Waals surface area contributed by atoms with Crippen LogP contribution in [0.3, 0.4) is 0 Å². The van der Waals surface area contributed by atoms with Gasteiger partial charge in [-0.2, -0.15) is 0 Å². The zero-order valence-corrected chi connectivity index (χ0v) is 18.3. The monoisotopic (exact) mass is 449 g/mol. The third kappa shape index (κ3) is 3.90. The van der Waals surface area contributed by atoms with Crippen molar-refractivity contribution in [3.8, 4) is 5.75 Å². The number of carbonyl (C=O) groups is 1. The smallest absolute Gasteiger partial charge is 0.341 e. The van der Waals surface area contributed by atoms with Gasteiger partial charge in [0.2, 0.25) is 5.43 Å². The fourth-order valence-corrected chi connectivity index (χ4v) is 4.60. The minimum atomic E-state index is -1.32. The highest BCUT2D eigenvalue weighted by Gasteiger charge is 2.32. The van der Waals surface area contributed by atoms with Crippen molar-refractivity contribution in [2.24, 2.45) is 0 Å². The molecule has 0 amide bonds. The van der Waals surface area contributed by atoms with E-state index in [2.05, 4.69) is 5.32 Å². The molecule has 4 rings (SSSR count). The van der Waals surface area contributed by atoms with Gasteiger partial charge in [0, 0.05) is 36.9 Å². The molecule has 1 aliphatic carbocycles. The van der Waals surface area contributed by atoms with Crippen LogP contribution in [-0.4, -0.2) is 49.4 Å². The Kier molecular flexibility index (Phi) is 5.94. The Morgan fingerprint density at radius 1 is 1.35 bits per heavy atom. The maximum Gasteiger partial charge on any atom is 0.341 e. The largest absolute Gasteiger partial charge is 0.492 e. The number of carboxylic acid groups (broad SMARTS) is 1. The summed E-state index contributed by atoms with van der Waals surface area (Å²) >= 11 is 6.36. The molecule has 0 atom stereocenters. The molecule has 7 nitrogen and oxygen atoms in total. The average Bonchev–Trinajstić information content (AvgIpc) is 3.59. The van der Waals surface area contributed by atoms with Gasteiger partial charge < -0.3 is 24.6 Å². The molecule has 0 spiro atoms. The van der Waals surface area contributed by atoms with Crippen molar-refractivity contribution in [3.63, 3.8) is 0 Å². The molecule has 1 saturated carbocycles. The van der Waals surface area contributed by atoms with E-state index in [9.17, 15) is 14.7 Å². The van der Waals surface area contributed by atoms with Gasteiger partial charge in [-0.15, -0.1) is 0 Å². The number of nitrogens with one attached hydrogen (secondary N) is 1. The first-order valence-corrected chi connectivity index (χ1v) is 10.7. The summed E-state index contributed by atoms with van der Waals surface area (Å²) in [5.74, 6) is -1.65. The van der Waals surface area contributed by atoms with E-state index in [0.717, 1.165) is 29.5 Å². The minimum Gasteiger partial charge on any atom is -0.492 e. The van der Waals surface area contributed by atoms with Crippen LogP contribution in [0.25, 0.3) is 10.9 Å². The van der Waals surface area contributed by atoms with Gasteiger partial charge >= 0.3 is 5.97 Å². The molecule has 1 aromatic heterocycles. The lowest BCUT2D eigenvalue weighted by atomic mass is 10.0. The van der Waals surface area contributed by atoms with Crippen molar-refractivity contribution < 1.29 is 19.0 Å². The van der Waals surface area contributed by atoms with Gasteiger partial charge in [-0.05, 0) is 38.8 Å². The normalized spacial score (nSPS) is 16.6. The number of aromatic nitrogens is 1. The van der Waals surface area contributed by atoms with Crippen molar-refractivity contribution in [2.45, 2.75) is 31.7 Å². The molecule has 2 heterocycles. The molecule has 9 heteroatoms. The summed E-state index contributed by atoms with van der Waals surface area (Å²) < 4.78 is 22.7. The summed E-state index contributed by atoms with van der Waals surface area (Å²) in [6.45, 7) is 1.73. The quantitative estimate of drug-likeness (QED) is 0.702. The third-order valence-electron chi connectivity index (χ3n) is 5.97. The zero-order valence-electron chi connectivity index (χ0n) is 17.5. The molecule has 0 unspecified atom stereocenters. The molecule has 2 aromatic rings. The summed E-state index contributed by atoms with van der Waals surface area (Å²) in [4.78, 5) is 26.3. The summed E-state index contributed by atoms with van der Waals surface area (Å²) in [6, 6.07) is 1.23. The fraction of sp³-hybridized carbons (Fsp3) is 0.455. The van der Waals surface area contributed by atoms with Gasteiger partial charge in [0.15, 0.2) is 11.6 Å². The van der Waals surface area contributed by atoms with Crippen LogP contribution in [0.2, 0.25) is 0 Å². The number of pyridine rings is 1. The van der Waals surface area contributed by atoms with E-state index in [1.807, 2.05) is 11.9 Å². The van der Waals surface area contributed by atoms with Crippen LogP contribution in [0.4, 0.5) is 10.1 Å². The topological polar surface area (TPSA) is 83.8 Å². The second-order valence-electron chi connectivity index (χ2n) is 7.98. The van der Waals surface area contributed by atoms with Crippen molar-refractivity contribution in [3.05, 3.63) is 44.5 Å². The lowest BCUT2D eigenvalue weighted by Gasteiger charge is -2.33. The van der Waals surface area contributed by atoms with Crippen LogP contribution in [-0.2, 0) is 0 Å². The number of benzene rings is 1. The summed E-state index contributed by atoms with van der Waals surface area (Å²) in [6.07, 6.45) is 4.51. The summed E-state index contributed by atoms with van der Waals surface area (Å²) in [5, 5.41) is 13.3. The Morgan fingerprint density at radius 3 is 2.58 bits per heavy atom. The number of methoxy groups -OCH3 is 1. The Bertz CT molecular complexity index is 1130. The lowest BCUT2D eigenvalue weighted by molar-refractivity contribution is 0.0695. The standard InChI is InChI=1S/C22H25ClFN3O4/c1-25-10-16(23)12-5-7-26(8-6-12)19-17(24)9-14-18(21(19)31-2)27(13-3-4-13)11-15(20(14)28)22(29)30/h9,11,13,25H,3-8,10H2,1-2H3,(H,29,30). The van der Waals surface area contributed by atoms with Gasteiger partial charge in [0.25, 0.3) is 0 Å². The van der Waals surface area contributed by atoms with Crippen LogP contribution in [0.1, 0.15) is 42.1 Å². The maximum atomic E-state index is 15.3. The molecule has 1 saturated heterocycles. The third-order valence-corrected chi connectivity index (χ3v) is 6.37. The van der Waals surface area contributed by atoms with E-state index in [-0.39, 0.29) is 22.7 Å². The van der Waals surface area contributed by atoms with Crippen molar-refractivity contribution >= 4 is 34.2 Å². The Morgan fingerprint density at radius 2 is 2.03 bits per heavy atom. The first kappa shape index (κ1) is 21.6. The van der Waals surface area contributed by atoms with Gasteiger partial charge in [-0.3, -0.25) is 4.79 Å². The molecule has 0 radical (unpaired) electrons. The molecule has 1 aromatic carbocycles. The number of fused-ring (bicyclic) bond motifs is 1. The maximum absolute atomic E-state index is 15.3. The SMILES string of the molecule is CNCC(Cl)=C1CCN(c2c(F)cc3c(=O)c(C(=O)O)cn(C4CC4)c3c2OC)CC1. The molecule has 1 aliphatic heterocycles. The predicted molar refractivity (Wildman–Crippen MR) is 118 cm³/mol. The number of aromatic carboxylic acids is 1. The molecular formula is C22H25ClFN3O4. The molecular weight excluding hydrogens is 425 g/mol. The molecule has 2 N–H and O–H groups in total. The molecule has 0 bridgehead atoms. The predicted octanol–water partition coefficient (Wildman–Crippen LogP) is 3.49. The van der Waals surface area contributed by atoms with Gasteiger partial charge in [0.05, 0.1) is 18.0 Å². The van der Waals surface area contributed by atoms with Crippen molar-refractivity contribution in [1.82, 2.24) is 9.88 Å². The van der Waals surface area contributed by atoms with Crippen LogP contribution in [0.15, 0.2) is 27.7 Å². The Labute approximate surface area is 184 Å². The molecule has 166 valence electrons. The van der Waals surface area contributed by atoms with E-state index in [1.54, 1.807) is 4.57 Å². The number of nitrogens with zero attached hydrogens (tertiary/aromatic N) is 2. The van der Waals surface area contributed by atoms with Crippen LogP contribution in [0.5, 0.6) is 5.75 Å². The Balaban J connectivity index is 1.85. The van der Waals surface area contributed by atoms with Gasteiger partial charge in [-0.1, -0.05) is 17.2 Å². The van der Waals surface area contributed by atoms with E-state index in [0.29, 0.717) is 43.7 Å². The highest BCUT2D eigenvalue weighted by Crippen LogP contribution is 2.44. The number of ether oxygens (including phenoxy) is 1. The molecule has 31 heavy (non-hydrogen) atoms. The number of rotatable bonds is 6. The second kappa shape index (κ2) is 8.51. The second-order valence-corrected chi connectivity index (χ2v) is 8.43. The number of halogens is 2. The summed E-state index contributed by atoms with van der Waals surface area (Å²) in [5.41, 5.74) is 0.835.